The summed E-state index contributed by atoms with van der Waals surface area (Å²) >= 11 is 3.49. The van der Waals surface area contributed by atoms with E-state index in [0.29, 0.717) is 13.2 Å². The number of ether oxygens (including phenoxy) is 1. The number of halogens is 1. The van der Waals surface area contributed by atoms with Crippen LogP contribution in [-0.2, 0) is 5.41 Å². The van der Waals surface area contributed by atoms with Crippen LogP contribution in [0.5, 0.6) is 5.75 Å². The van der Waals surface area contributed by atoms with E-state index in [2.05, 4.69) is 50.8 Å². The number of fused-ring (bicyclic) bond motifs is 1. The van der Waals surface area contributed by atoms with Crippen LogP contribution in [-0.4, -0.2) is 19.2 Å². The van der Waals surface area contributed by atoms with Crippen molar-refractivity contribution in [2.75, 3.05) is 13.2 Å². The highest BCUT2D eigenvalue weighted by Gasteiger charge is 2.44. The Kier molecular flexibility index (Phi) is 4.42. The molecule has 2 aromatic carbocycles. The molecule has 1 unspecified atom stereocenters. The van der Waals surface area contributed by atoms with Gasteiger partial charge in [0.1, 0.15) is 5.75 Å². The second-order valence-corrected chi connectivity index (χ2v) is 7.76. The van der Waals surface area contributed by atoms with Crippen molar-refractivity contribution >= 4 is 22.0 Å². The van der Waals surface area contributed by atoms with E-state index in [1.165, 1.54) is 5.56 Å². The van der Waals surface area contributed by atoms with Gasteiger partial charge in [0.15, 0.2) is 0 Å². The normalized spacial score (nSPS) is 20.1. The van der Waals surface area contributed by atoms with Gasteiger partial charge in [0.05, 0.1) is 12.6 Å². The highest BCUT2D eigenvalue weighted by molar-refractivity contribution is 9.10. The minimum Gasteiger partial charge on any atom is -0.493 e. The lowest BCUT2D eigenvalue weighted by Crippen LogP contribution is -2.42. The lowest BCUT2D eigenvalue weighted by Gasteiger charge is -2.27. The van der Waals surface area contributed by atoms with E-state index < -0.39 is 0 Å². The summed E-state index contributed by atoms with van der Waals surface area (Å²) in [5.41, 5.74) is 2.46. The van der Waals surface area contributed by atoms with Crippen molar-refractivity contribution in [2.45, 2.75) is 30.7 Å². The van der Waals surface area contributed by atoms with Gasteiger partial charge in [-0.25, -0.2) is 4.79 Å². The van der Waals surface area contributed by atoms with Crippen LogP contribution < -0.4 is 15.4 Å². The molecule has 1 atom stereocenters. The van der Waals surface area contributed by atoms with Gasteiger partial charge >= 0.3 is 6.03 Å². The van der Waals surface area contributed by atoms with Gasteiger partial charge in [-0.1, -0.05) is 46.3 Å². The summed E-state index contributed by atoms with van der Waals surface area (Å²) in [4.78, 5) is 12.4. The van der Waals surface area contributed by atoms with Gasteiger partial charge in [0.25, 0.3) is 0 Å². The maximum atomic E-state index is 12.4. The topological polar surface area (TPSA) is 50.4 Å². The predicted molar refractivity (Wildman–Crippen MR) is 101 cm³/mol. The van der Waals surface area contributed by atoms with Crippen molar-refractivity contribution in [1.82, 2.24) is 10.6 Å². The maximum Gasteiger partial charge on any atom is 0.315 e. The molecule has 1 saturated carbocycles. The molecule has 1 fully saturated rings. The predicted octanol–water partition coefficient (Wildman–Crippen LogP) is 4.30. The number of nitrogens with one attached hydrogen (secondary N) is 2. The second kappa shape index (κ2) is 6.71. The molecule has 1 aliphatic heterocycles. The number of urea groups is 1. The molecule has 130 valence electrons. The molecular formula is C20H21BrN2O2. The molecule has 0 spiro atoms. The summed E-state index contributed by atoms with van der Waals surface area (Å²) in [6, 6.07) is 16.2. The number of hydrogen-bond donors (Lipinski definition) is 2. The minimum absolute atomic E-state index is 0.0203. The third kappa shape index (κ3) is 3.52. The molecule has 0 aromatic heterocycles. The molecule has 1 aliphatic carbocycles. The van der Waals surface area contributed by atoms with E-state index in [1.54, 1.807) is 0 Å². The average Bonchev–Trinajstić information content (AvgIpc) is 3.43. The van der Waals surface area contributed by atoms with E-state index >= 15 is 0 Å². The largest absolute Gasteiger partial charge is 0.493 e. The van der Waals surface area contributed by atoms with E-state index in [1.807, 2.05) is 24.3 Å². The van der Waals surface area contributed by atoms with Crippen molar-refractivity contribution in [2.24, 2.45) is 0 Å². The first kappa shape index (κ1) is 16.5. The molecule has 1 heterocycles. The van der Waals surface area contributed by atoms with Crippen LogP contribution in [0.15, 0.2) is 53.0 Å². The van der Waals surface area contributed by atoms with E-state index in [0.717, 1.165) is 35.0 Å². The first-order valence-electron chi connectivity index (χ1n) is 8.68. The van der Waals surface area contributed by atoms with Crippen LogP contribution in [0.3, 0.4) is 0 Å². The molecule has 4 nitrogen and oxygen atoms in total. The number of amides is 2. The Hall–Kier alpha value is -2.01. The zero-order valence-corrected chi connectivity index (χ0v) is 15.5. The number of rotatable bonds is 4. The molecule has 0 radical (unpaired) electrons. The van der Waals surface area contributed by atoms with Crippen LogP contribution in [0, 0.1) is 0 Å². The lowest BCUT2D eigenvalue weighted by molar-refractivity contribution is 0.222. The molecule has 2 aliphatic rings. The fraction of sp³-hybridized carbons (Fsp3) is 0.350. The Bertz CT molecular complexity index is 775. The van der Waals surface area contributed by atoms with Crippen molar-refractivity contribution < 1.29 is 9.53 Å². The monoisotopic (exact) mass is 400 g/mol. The highest BCUT2D eigenvalue weighted by atomic mass is 79.9. The number of hydrogen-bond acceptors (Lipinski definition) is 2. The van der Waals surface area contributed by atoms with Crippen LogP contribution >= 0.6 is 15.9 Å². The Morgan fingerprint density at radius 3 is 2.76 bits per heavy atom. The third-order valence-electron chi connectivity index (χ3n) is 5.14. The zero-order chi connectivity index (χ0) is 17.3. The van der Waals surface area contributed by atoms with Crippen molar-refractivity contribution in [3.8, 4) is 5.75 Å². The number of benzene rings is 2. The molecule has 4 rings (SSSR count). The quantitative estimate of drug-likeness (QED) is 0.803. The third-order valence-corrected chi connectivity index (χ3v) is 5.64. The molecule has 25 heavy (non-hydrogen) atoms. The Morgan fingerprint density at radius 2 is 2.00 bits per heavy atom. The van der Waals surface area contributed by atoms with Crippen LogP contribution in [0.2, 0.25) is 0 Å². The summed E-state index contributed by atoms with van der Waals surface area (Å²) in [6.07, 6.45) is 3.04. The van der Waals surface area contributed by atoms with Gasteiger partial charge < -0.3 is 15.4 Å². The fourth-order valence-corrected chi connectivity index (χ4v) is 3.86. The summed E-state index contributed by atoms with van der Waals surface area (Å²) in [6.45, 7) is 1.30. The summed E-state index contributed by atoms with van der Waals surface area (Å²) in [5, 5.41) is 6.18. The van der Waals surface area contributed by atoms with Crippen molar-refractivity contribution in [1.29, 1.82) is 0 Å². The van der Waals surface area contributed by atoms with Crippen LogP contribution in [0.25, 0.3) is 0 Å². The summed E-state index contributed by atoms with van der Waals surface area (Å²) in [5.74, 6) is 0.850. The molecule has 0 bridgehead atoms. The van der Waals surface area contributed by atoms with E-state index in [-0.39, 0.29) is 17.5 Å². The number of carbonyl (C=O) groups is 1. The molecule has 2 aromatic rings. The van der Waals surface area contributed by atoms with Crippen molar-refractivity contribution in [3.05, 3.63) is 64.1 Å². The van der Waals surface area contributed by atoms with E-state index in [4.69, 9.17) is 4.74 Å². The Morgan fingerprint density at radius 1 is 1.20 bits per heavy atom. The average molecular weight is 401 g/mol. The van der Waals surface area contributed by atoms with Gasteiger partial charge in [-0.3, -0.25) is 0 Å². The molecule has 2 amide bonds. The standard InChI is InChI=1S/C20H21BrN2O2/c21-15-6-7-18-16(12-15)17(8-11-25-18)23-19(24)22-13-20(9-10-20)14-4-2-1-3-5-14/h1-7,12,17H,8-11,13H2,(H2,22,23,24). The summed E-state index contributed by atoms with van der Waals surface area (Å²) < 4.78 is 6.67. The SMILES string of the molecule is O=C(NCC1(c2ccccc2)CC1)NC1CCOc2ccc(Br)cc21. The minimum atomic E-state index is -0.111. The fourth-order valence-electron chi connectivity index (χ4n) is 3.48. The van der Waals surface area contributed by atoms with Crippen LogP contribution in [0.1, 0.15) is 36.4 Å². The lowest BCUT2D eigenvalue weighted by atomic mass is 9.96. The first-order valence-corrected chi connectivity index (χ1v) is 9.48. The molecule has 0 saturated heterocycles. The summed E-state index contributed by atoms with van der Waals surface area (Å²) in [7, 11) is 0. The molecular weight excluding hydrogens is 380 g/mol. The van der Waals surface area contributed by atoms with Gasteiger partial charge in [-0.15, -0.1) is 0 Å². The Balaban J connectivity index is 1.39. The Labute approximate surface area is 156 Å². The first-order chi connectivity index (χ1) is 12.2. The maximum absolute atomic E-state index is 12.4. The van der Waals surface area contributed by atoms with Gasteiger partial charge in [0.2, 0.25) is 0 Å². The second-order valence-electron chi connectivity index (χ2n) is 6.85. The zero-order valence-electron chi connectivity index (χ0n) is 13.9. The molecule has 2 N–H and O–H groups in total. The van der Waals surface area contributed by atoms with E-state index in [9.17, 15) is 4.79 Å². The van der Waals surface area contributed by atoms with Crippen LogP contribution in [0.4, 0.5) is 4.79 Å². The smallest absolute Gasteiger partial charge is 0.315 e. The van der Waals surface area contributed by atoms with Gasteiger partial charge in [-0.2, -0.15) is 0 Å². The highest BCUT2D eigenvalue weighted by Crippen LogP contribution is 2.47. The van der Waals surface area contributed by atoms with Gasteiger partial charge in [-0.05, 0) is 36.6 Å². The van der Waals surface area contributed by atoms with Crippen molar-refractivity contribution in [3.63, 3.8) is 0 Å². The number of carbonyl (C=O) groups excluding carboxylic acids is 1. The van der Waals surface area contributed by atoms with Gasteiger partial charge in [0, 0.05) is 28.4 Å². The molecule has 5 heteroatoms.